The number of nitrogens with two attached hydrogens (primary N) is 1. The van der Waals surface area contributed by atoms with Crippen molar-refractivity contribution in [2.75, 3.05) is 6.54 Å². The number of hydrogen-bond acceptors (Lipinski definition) is 2. The van der Waals surface area contributed by atoms with Gasteiger partial charge in [0.2, 0.25) is 0 Å². The quantitative estimate of drug-likeness (QED) is 0.716. The van der Waals surface area contributed by atoms with Crippen LogP contribution < -0.4 is 5.73 Å². The average molecular weight is 199 g/mol. The van der Waals surface area contributed by atoms with Crippen LogP contribution in [0.4, 0.5) is 0 Å². The van der Waals surface area contributed by atoms with Crippen molar-refractivity contribution in [3.05, 3.63) is 0 Å². The summed E-state index contributed by atoms with van der Waals surface area (Å²) in [6.07, 6.45) is 1.96. The molecule has 0 heterocycles. The lowest BCUT2D eigenvalue weighted by Crippen LogP contribution is -2.51. The van der Waals surface area contributed by atoms with Crippen molar-refractivity contribution in [1.82, 2.24) is 0 Å². The Labute approximate surface area is 87.9 Å². The third-order valence-corrected chi connectivity index (χ3v) is 4.10. The summed E-state index contributed by atoms with van der Waals surface area (Å²) in [5.74, 6) is 0.344. The van der Waals surface area contributed by atoms with Gasteiger partial charge in [-0.3, -0.25) is 0 Å². The molecule has 1 fully saturated rings. The predicted molar refractivity (Wildman–Crippen MR) is 60.0 cm³/mol. The van der Waals surface area contributed by atoms with E-state index in [1.54, 1.807) is 0 Å². The van der Waals surface area contributed by atoms with Crippen LogP contribution >= 0.6 is 0 Å². The minimum Gasteiger partial charge on any atom is -0.389 e. The minimum atomic E-state index is -0.592. The first-order chi connectivity index (χ1) is 6.15. The molecule has 2 nitrogen and oxygen atoms in total. The molecule has 0 aromatic rings. The molecular formula is C12H25NO. The first-order valence-corrected chi connectivity index (χ1v) is 5.57. The van der Waals surface area contributed by atoms with E-state index in [0.29, 0.717) is 12.5 Å². The average Bonchev–Trinajstić information content (AvgIpc) is 2.22. The van der Waals surface area contributed by atoms with Crippen LogP contribution in [0.1, 0.15) is 47.5 Å². The molecule has 2 heteroatoms. The van der Waals surface area contributed by atoms with E-state index in [1.807, 2.05) is 0 Å². The number of aliphatic hydroxyl groups is 1. The molecule has 0 aromatic heterocycles. The molecule has 0 aliphatic heterocycles. The molecule has 1 saturated carbocycles. The Morgan fingerprint density at radius 3 is 2.21 bits per heavy atom. The first kappa shape index (κ1) is 12.0. The van der Waals surface area contributed by atoms with Crippen LogP contribution in [0.2, 0.25) is 0 Å². The summed E-state index contributed by atoms with van der Waals surface area (Å²) in [5.41, 5.74) is 5.24. The molecule has 0 aromatic carbocycles. The smallest absolute Gasteiger partial charge is 0.0741 e. The molecule has 3 N–H and O–H groups in total. The fourth-order valence-electron chi connectivity index (χ4n) is 3.06. The highest BCUT2D eigenvalue weighted by Gasteiger charge is 2.54. The summed E-state index contributed by atoms with van der Waals surface area (Å²) >= 11 is 0. The Hall–Kier alpha value is -0.0800. The van der Waals surface area contributed by atoms with E-state index in [2.05, 4.69) is 34.6 Å². The van der Waals surface area contributed by atoms with Gasteiger partial charge in [0.1, 0.15) is 0 Å². The largest absolute Gasteiger partial charge is 0.389 e. The zero-order valence-electron chi connectivity index (χ0n) is 10.2. The van der Waals surface area contributed by atoms with E-state index in [1.165, 1.54) is 0 Å². The molecule has 0 radical (unpaired) electrons. The minimum absolute atomic E-state index is 0.180. The fourth-order valence-corrected chi connectivity index (χ4v) is 3.06. The van der Waals surface area contributed by atoms with Crippen LogP contribution in [-0.4, -0.2) is 17.3 Å². The van der Waals surface area contributed by atoms with Crippen molar-refractivity contribution in [1.29, 1.82) is 0 Å². The molecule has 2 unspecified atom stereocenters. The van der Waals surface area contributed by atoms with E-state index < -0.39 is 5.60 Å². The Morgan fingerprint density at radius 2 is 1.93 bits per heavy atom. The summed E-state index contributed by atoms with van der Waals surface area (Å²) < 4.78 is 0. The lowest BCUT2D eigenvalue weighted by molar-refractivity contribution is -0.0909. The van der Waals surface area contributed by atoms with Gasteiger partial charge >= 0.3 is 0 Å². The van der Waals surface area contributed by atoms with Crippen LogP contribution in [0.25, 0.3) is 0 Å². The van der Waals surface area contributed by atoms with Crippen LogP contribution in [0.15, 0.2) is 0 Å². The van der Waals surface area contributed by atoms with Crippen LogP contribution in [0, 0.1) is 16.7 Å². The standard InChI is InChI=1S/C12H25NO/c1-9-6-10(2,3)7-12(9,14)11(4,5)8-13/h9,14H,6-8,13H2,1-5H3. The van der Waals surface area contributed by atoms with Crippen molar-refractivity contribution in [3.63, 3.8) is 0 Å². The third kappa shape index (κ3) is 1.70. The van der Waals surface area contributed by atoms with Crippen molar-refractivity contribution >= 4 is 0 Å². The van der Waals surface area contributed by atoms with Gasteiger partial charge in [0.15, 0.2) is 0 Å². The lowest BCUT2D eigenvalue weighted by atomic mass is 9.69. The molecule has 0 amide bonds. The van der Waals surface area contributed by atoms with Gasteiger partial charge < -0.3 is 10.8 Å². The van der Waals surface area contributed by atoms with Gasteiger partial charge in [-0.25, -0.2) is 0 Å². The van der Waals surface area contributed by atoms with Gasteiger partial charge in [-0.15, -0.1) is 0 Å². The zero-order chi connectivity index (χ0) is 11.2. The summed E-state index contributed by atoms with van der Waals surface area (Å²) in [5, 5.41) is 10.7. The van der Waals surface area contributed by atoms with E-state index in [9.17, 15) is 5.11 Å². The van der Waals surface area contributed by atoms with E-state index >= 15 is 0 Å². The van der Waals surface area contributed by atoms with Crippen LogP contribution in [0.5, 0.6) is 0 Å². The Balaban J connectivity index is 2.96. The molecule has 84 valence electrons. The van der Waals surface area contributed by atoms with Gasteiger partial charge in [-0.05, 0) is 24.2 Å². The summed E-state index contributed by atoms with van der Waals surface area (Å²) in [6, 6.07) is 0. The lowest BCUT2D eigenvalue weighted by Gasteiger charge is -2.43. The summed E-state index contributed by atoms with van der Waals surface area (Å²) in [7, 11) is 0. The zero-order valence-corrected chi connectivity index (χ0v) is 10.2. The highest BCUT2D eigenvalue weighted by Crippen LogP contribution is 2.54. The second-order valence-electron chi connectivity index (χ2n) is 6.46. The van der Waals surface area contributed by atoms with Crippen molar-refractivity contribution in [2.24, 2.45) is 22.5 Å². The maximum atomic E-state index is 10.7. The molecule has 1 aliphatic rings. The first-order valence-electron chi connectivity index (χ1n) is 5.57. The molecule has 0 bridgehead atoms. The van der Waals surface area contributed by atoms with Gasteiger partial charge in [-0.1, -0.05) is 34.6 Å². The molecule has 14 heavy (non-hydrogen) atoms. The fraction of sp³-hybridized carbons (Fsp3) is 1.00. The maximum Gasteiger partial charge on any atom is 0.0741 e. The normalized spacial score (nSPS) is 37.5. The maximum absolute atomic E-state index is 10.7. The Bertz CT molecular complexity index is 222. The highest BCUT2D eigenvalue weighted by molar-refractivity contribution is 5.06. The van der Waals surface area contributed by atoms with Crippen molar-refractivity contribution in [3.8, 4) is 0 Å². The summed E-state index contributed by atoms with van der Waals surface area (Å²) in [6.45, 7) is 11.3. The third-order valence-electron chi connectivity index (χ3n) is 4.10. The topological polar surface area (TPSA) is 46.2 Å². The van der Waals surface area contributed by atoms with E-state index in [0.717, 1.165) is 12.8 Å². The summed E-state index contributed by atoms with van der Waals surface area (Å²) in [4.78, 5) is 0. The van der Waals surface area contributed by atoms with Gasteiger partial charge in [-0.2, -0.15) is 0 Å². The van der Waals surface area contributed by atoms with Crippen molar-refractivity contribution in [2.45, 2.75) is 53.1 Å². The van der Waals surface area contributed by atoms with Crippen LogP contribution in [0.3, 0.4) is 0 Å². The molecular weight excluding hydrogens is 174 g/mol. The number of rotatable bonds is 2. The van der Waals surface area contributed by atoms with Crippen LogP contribution in [-0.2, 0) is 0 Å². The molecule has 0 saturated heterocycles. The van der Waals surface area contributed by atoms with Gasteiger partial charge in [0.05, 0.1) is 5.60 Å². The van der Waals surface area contributed by atoms with Crippen molar-refractivity contribution < 1.29 is 5.11 Å². The molecule has 1 aliphatic carbocycles. The van der Waals surface area contributed by atoms with E-state index in [4.69, 9.17) is 5.73 Å². The highest BCUT2D eigenvalue weighted by atomic mass is 16.3. The van der Waals surface area contributed by atoms with Gasteiger partial charge in [0.25, 0.3) is 0 Å². The monoisotopic (exact) mass is 199 g/mol. The predicted octanol–water partition coefficient (Wildman–Crippen LogP) is 2.16. The SMILES string of the molecule is CC1CC(C)(C)CC1(O)C(C)(C)CN. The molecule has 1 rings (SSSR count). The van der Waals surface area contributed by atoms with E-state index in [-0.39, 0.29) is 10.8 Å². The second kappa shape index (κ2) is 3.21. The second-order valence-corrected chi connectivity index (χ2v) is 6.46. The Morgan fingerprint density at radius 1 is 1.43 bits per heavy atom. The number of hydrogen-bond donors (Lipinski definition) is 2. The van der Waals surface area contributed by atoms with Gasteiger partial charge in [0, 0.05) is 12.0 Å². The Kier molecular flexibility index (Phi) is 2.75. The molecule has 2 atom stereocenters. The molecule has 0 spiro atoms.